The maximum Gasteiger partial charge on any atom is 0.275 e. The molecule has 0 saturated heterocycles. The average Bonchev–Trinajstić information content (AvgIpc) is 2.85. The minimum atomic E-state index is -0.0874. The van der Waals surface area contributed by atoms with Gasteiger partial charge in [0.05, 0.1) is 5.52 Å². The van der Waals surface area contributed by atoms with E-state index in [4.69, 9.17) is 0 Å². The predicted octanol–water partition coefficient (Wildman–Crippen LogP) is 2.24. The predicted molar refractivity (Wildman–Crippen MR) is 80.7 cm³/mol. The molecule has 1 amide bonds. The smallest absolute Gasteiger partial charge is 0.275 e. The normalized spacial score (nSPS) is 10.8. The van der Waals surface area contributed by atoms with Crippen LogP contribution in [0.15, 0.2) is 48.8 Å². The van der Waals surface area contributed by atoms with Gasteiger partial charge in [-0.05, 0) is 17.7 Å². The van der Waals surface area contributed by atoms with Crippen molar-refractivity contribution < 1.29 is 4.79 Å². The summed E-state index contributed by atoms with van der Waals surface area (Å²) >= 11 is 0. The molecule has 0 aliphatic rings. The molecule has 0 aliphatic heterocycles. The Morgan fingerprint density at radius 2 is 2.05 bits per heavy atom. The molecule has 0 radical (unpaired) electrons. The van der Waals surface area contributed by atoms with Crippen LogP contribution in [0.25, 0.3) is 10.9 Å². The number of nitrogens with zero attached hydrogens (tertiary/aromatic N) is 4. The zero-order valence-electron chi connectivity index (χ0n) is 12.0. The summed E-state index contributed by atoms with van der Waals surface area (Å²) in [5.74, 6) is -0.0874. The Morgan fingerprint density at radius 1 is 1.24 bits per heavy atom. The molecule has 3 rings (SSSR count). The molecule has 106 valence electrons. The Bertz CT molecular complexity index is 779. The van der Waals surface area contributed by atoms with Crippen LogP contribution in [-0.4, -0.2) is 32.6 Å². The van der Waals surface area contributed by atoms with Crippen molar-refractivity contribution in [3.05, 3.63) is 60.0 Å². The number of amides is 1. The molecule has 21 heavy (non-hydrogen) atoms. The third-order valence-electron chi connectivity index (χ3n) is 3.45. The first-order chi connectivity index (χ1) is 10.2. The van der Waals surface area contributed by atoms with Gasteiger partial charge < -0.3 is 4.90 Å². The maximum atomic E-state index is 12.6. The van der Waals surface area contributed by atoms with Gasteiger partial charge in [-0.3, -0.25) is 14.5 Å². The molecule has 2 aromatic heterocycles. The van der Waals surface area contributed by atoms with Crippen LogP contribution in [-0.2, 0) is 13.6 Å². The van der Waals surface area contributed by atoms with Gasteiger partial charge in [0.25, 0.3) is 5.91 Å². The van der Waals surface area contributed by atoms with Gasteiger partial charge in [-0.2, -0.15) is 5.10 Å². The number of carbonyl (C=O) groups is 1. The van der Waals surface area contributed by atoms with Crippen LogP contribution in [0.1, 0.15) is 16.1 Å². The van der Waals surface area contributed by atoms with Crippen molar-refractivity contribution in [1.29, 1.82) is 0 Å². The Labute approximate surface area is 122 Å². The second-order valence-corrected chi connectivity index (χ2v) is 5.01. The van der Waals surface area contributed by atoms with Gasteiger partial charge in [-0.1, -0.05) is 24.3 Å². The van der Waals surface area contributed by atoms with Gasteiger partial charge in [0.2, 0.25) is 0 Å². The number of benzene rings is 1. The van der Waals surface area contributed by atoms with Gasteiger partial charge in [-0.15, -0.1) is 0 Å². The molecular weight excluding hydrogens is 264 g/mol. The number of pyridine rings is 1. The molecule has 0 fully saturated rings. The molecule has 0 spiro atoms. The highest BCUT2D eigenvalue weighted by atomic mass is 16.2. The van der Waals surface area contributed by atoms with Crippen LogP contribution >= 0.6 is 0 Å². The van der Waals surface area contributed by atoms with Crippen LogP contribution in [0.3, 0.4) is 0 Å². The van der Waals surface area contributed by atoms with Crippen LogP contribution in [0.2, 0.25) is 0 Å². The summed E-state index contributed by atoms with van der Waals surface area (Å²) in [5.41, 5.74) is 2.43. The van der Waals surface area contributed by atoms with E-state index in [2.05, 4.69) is 10.1 Å². The van der Waals surface area contributed by atoms with E-state index in [9.17, 15) is 4.79 Å². The van der Waals surface area contributed by atoms with Gasteiger partial charge in [0.15, 0.2) is 5.69 Å². The number of para-hydroxylation sites is 1. The van der Waals surface area contributed by atoms with Crippen molar-refractivity contribution in [2.45, 2.75) is 6.54 Å². The quantitative estimate of drug-likeness (QED) is 0.739. The number of aryl methyl sites for hydroxylation is 1. The molecular formula is C16H16N4O. The molecule has 3 aromatic rings. The highest BCUT2D eigenvalue weighted by Crippen LogP contribution is 2.19. The number of fused-ring (bicyclic) bond motifs is 1. The molecule has 0 aliphatic carbocycles. The van der Waals surface area contributed by atoms with E-state index in [0.717, 1.165) is 16.5 Å². The van der Waals surface area contributed by atoms with Crippen molar-refractivity contribution in [2.75, 3.05) is 7.05 Å². The van der Waals surface area contributed by atoms with E-state index in [0.29, 0.717) is 12.2 Å². The summed E-state index contributed by atoms with van der Waals surface area (Å²) in [4.78, 5) is 18.3. The van der Waals surface area contributed by atoms with Crippen molar-refractivity contribution >= 4 is 16.8 Å². The summed E-state index contributed by atoms with van der Waals surface area (Å²) in [6.45, 7) is 0.511. The van der Waals surface area contributed by atoms with Crippen molar-refractivity contribution in [3.63, 3.8) is 0 Å². The Kier molecular flexibility index (Phi) is 3.39. The lowest BCUT2D eigenvalue weighted by molar-refractivity contribution is 0.0780. The lowest BCUT2D eigenvalue weighted by Crippen LogP contribution is -2.26. The Balaban J connectivity index is 1.90. The monoisotopic (exact) mass is 280 g/mol. The summed E-state index contributed by atoms with van der Waals surface area (Å²) < 4.78 is 1.74. The van der Waals surface area contributed by atoms with Crippen molar-refractivity contribution in [3.8, 4) is 0 Å². The fourth-order valence-electron chi connectivity index (χ4n) is 2.39. The van der Waals surface area contributed by atoms with Gasteiger partial charge in [0.1, 0.15) is 0 Å². The minimum Gasteiger partial charge on any atom is -0.336 e. The van der Waals surface area contributed by atoms with Gasteiger partial charge >= 0.3 is 0 Å². The third-order valence-corrected chi connectivity index (χ3v) is 3.45. The summed E-state index contributed by atoms with van der Waals surface area (Å²) in [7, 11) is 3.62. The zero-order chi connectivity index (χ0) is 14.8. The van der Waals surface area contributed by atoms with E-state index in [1.54, 1.807) is 29.0 Å². The maximum absolute atomic E-state index is 12.6. The van der Waals surface area contributed by atoms with Gasteiger partial charge in [0, 0.05) is 38.4 Å². The van der Waals surface area contributed by atoms with Crippen molar-refractivity contribution in [2.24, 2.45) is 7.05 Å². The lowest BCUT2D eigenvalue weighted by Gasteiger charge is -2.15. The van der Waals surface area contributed by atoms with Gasteiger partial charge in [-0.25, -0.2) is 0 Å². The van der Waals surface area contributed by atoms with Crippen LogP contribution in [0.4, 0.5) is 0 Å². The second-order valence-electron chi connectivity index (χ2n) is 5.01. The summed E-state index contributed by atoms with van der Waals surface area (Å²) in [6.07, 6.45) is 3.48. The van der Waals surface area contributed by atoms with Crippen LogP contribution < -0.4 is 0 Å². The summed E-state index contributed by atoms with van der Waals surface area (Å²) in [5, 5.41) is 5.24. The first-order valence-corrected chi connectivity index (χ1v) is 6.73. The van der Waals surface area contributed by atoms with E-state index in [1.807, 2.05) is 43.4 Å². The first-order valence-electron chi connectivity index (χ1n) is 6.73. The Morgan fingerprint density at radius 3 is 2.81 bits per heavy atom. The van der Waals surface area contributed by atoms with E-state index in [-0.39, 0.29) is 5.91 Å². The molecule has 1 aromatic carbocycles. The highest BCUT2D eigenvalue weighted by molar-refractivity contribution is 6.04. The average molecular weight is 280 g/mol. The summed E-state index contributed by atoms with van der Waals surface area (Å²) in [6, 6.07) is 11.6. The number of hydrogen-bond acceptors (Lipinski definition) is 3. The minimum absolute atomic E-state index is 0.0874. The van der Waals surface area contributed by atoms with E-state index < -0.39 is 0 Å². The standard InChI is InChI=1S/C16H16N4O/c1-19(11-12-6-5-9-17-10-12)16(21)15-13-7-3-4-8-14(13)20(2)18-15/h3-10H,11H2,1-2H3. The fourth-order valence-corrected chi connectivity index (χ4v) is 2.39. The number of aromatic nitrogens is 3. The number of hydrogen-bond donors (Lipinski definition) is 0. The molecule has 0 unspecified atom stereocenters. The topological polar surface area (TPSA) is 51.0 Å². The van der Waals surface area contributed by atoms with E-state index in [1.165, 1.54) is 0 Å². The molecule has 5 nitrogen and oxygen atoms in total. The van der Waals surface area contributed by atoms with Crippen LogP contribution in [0, 0.1) is 0 Å². The molecule has 5 heteroatoms. The Hall–Kier alpha value is -2.69. The highest BCUT2D eigenvalue weighted by Gasteiger charge is 2.19. The molecule has 2 heterocycles. The first kappa shape index (κ1) is 13.3. The molecule has 0 N–H and O–H groups in total. The molecule has 0 saturated carbocycles. The molecule has 0 atom stereocenters. The number of rotatable bonds is 3. The fraction of sp³-hybridized carbons (Fsp3) is 0.188. The van der Waals surface area contributed by atoms with Crippen molar-refractivity contribution in [1.82, 2.24) is 19.7 Å². The molecule has 0 bridgehead atoms. The lowest BCUT2D eigenvalue weighted by atomic mass is 10.2. The van der Waals surface area contributed by atoms with E-state index >= 15 is 0 Å². The largest absolute Gasteiger partial charge is 0.336 e. The second kappa shape index (κ2) is 5.36. The number of carbonyl (C=O) groups excluding carboxylic acids is 1. The third kappa shape index (κ3) is 2.50. The zero-order valence-corrected chi connectivity index (χ0v) is 12.0. The van der Waals surface area contributed by atoms with Crippen LogP contribution in [0.5, 0.6) is 0 Å². The SMILES string of the molecule is CN(Cc1cccnc1)C(=O)c1nn(C)c2ccccc12.